The quantitative estimate of drug-likeness (QED) is 0.735. The van der Waals surface area contributed by atoms with Gasteiger partial charge in [-0.25, -0.2) is 9.97 Å². The number of aromatic nitrogens is 2. The van der Waals surface area contributed by atoms with Crippen LogP contribution in [0.25, 0.3) is 0 Å². The second kappa shape index (κ2) is 4.51. The largest absolute Gasteiger partial charge is 0.302 e. The molecule has 1 aromatic rings. The molecule has 0 aromatic carbocycles. The van der Waals surface area contributed by atoms with E-state index >= 15 is 0 Å². The molecular formula is C11H19N3. The van der Waals surface area contributed by atoms with E-state index < -0.39 is 0 Å². The highest BCUT2D eigenvalue weighted by atomic mass is 15.1. The predicted molar refractivity (Wildman–Crippen MR) is 58.2 cm³/mol. The molecule has 14 heavy (non-hydrogen) atoms. The highest BCUT2D eigenvalue weighted by Gasteiger charge is 2.06. The van der Waals surface area contributed by atoms with Gasteiger partial charge >= 0.3 is 0 Å². The maximum Gasteiger partial charge on any atom is 0.142 e. The van der Waals surface area contributed by atoms with Gasteiger partial charge in [-0.3, -0.25) is 0 Å². The van der Waals surface area contributed by atoms with Crippen LogP contribution in [0.5, 0.6) is 0 Å². The zero-order valence-corrected chi connectivity index (χ0v) is 9.70. The number of aryl methyl sites for hydroxylation is 1. The second-order valence-corrected chi connectivity index (χ2v) is 4.22. The highest BCUT2D eigenvalue weighted by molar-refractivity contribution is 5.19. The maximum absolute atomic E-state index is 4.48. The van der Waals surface area contributed by atoms with Crippen LogP contribution < -0.4 is 0 Å². The molecule has 0 N–H and O–H groups in total. The Morgan fingerprint density at radius 2 is 2.00 bits per heavy atom. The van der Waals surface area contributed by atoms with Crippen molar-refractivity contribution < 1.29 is 0 Å². The summed E-state index contributed by atoms with van der Waals surface area (Å²) in [6.07, 6.45) is 1.95. The van der Waals surface area contributed by atoms with Crippen LogP contribution in [0.3, 0.4) is 0 Å². The number of hydrogen-bond acceptors (Lipinski definition) is 3. The molecule has 0 fully saturated rings. The summed E-state index contributed by atoms with van der Waals surface area (Å²) in [5.74, 6) is 1.40. The zero-order chi connectivity index (χ0) is 10.7. The van der Waals surface area contributed by atoms with Crippen LogP contribution in [0.1, 0.15) is 36.8 Å². The molecule has 0 bridgehead atoms. The van der Waals surface area contributed by atoms with E-state index in [9.17, 15) is 0 Å². The van der Waals surface area contributed by atoms with E-state index in [4.69, 9.17) is 0 Å². The van der Waals surface area contributed by atoms with Gasteiger partial charge in [0.05, 0.1) is 6.54 Å². The van der Waals surface area contributed by atoms with Gasteiger partial charge in [-0.1, -0.05) is 13.8 Å². The molecule has 1 rings (SSSR count). The third-order valence-corrected chi connectivity index (χ3v) is 2.15. The third kappa shape index (κ3) is 2.77. The van der Waals surface area contributed by atoms with Gasteiger partial charge in [0.15, 0.2) is 0 Å². The first kappa shape index (κ1) is 11.1. The van der Waals surface area contributed by atoms with Crippen LogP contribution in [0, 0.1) is 6.92 Å². The first-order valence-electron chi connectivity index (χ1n) is 4.98. The van der Waals surface area contributed by atoms with Crippen molar-refractivity contribution in [3.8, 4) is 0 Å². The first-order valence-corrected chi connectivity index (χ1v) is 4.98. The molecule has 0 saturated heterocycles. The van der Waals surface area contributed by atoms with Crippen molar-refractivity contribution in [1.82, 2.24) is 14.9 Å². The third-order valence-electron chi connectivity index (χ3n) is 2.15. The summed E-state index contributed by atoms with van der Waals surface area (Å²) in [6.45, 7) is 7.18. The fourth-order valence-electron chi connectivity index (χ4n) is 1.45. The Labute approximate surface area is 86.2 Å². The fraction of sp³-hybridized carbons (Fsp3) is 0.636. The van der Waals surface area contributed by atoms with Gasteiger partial charge < -0.3 is 4.90 Å². The molecule has 0 aliphatic carbocycles. The number of hydrogen-bond donors (Lipinski definition) is 0. The van der Waals surface area contributed by atoms with E-state index in [1.807, 2.05) is 20.3 Å². The van der Waals surface area contributed by atoms with Crippen LogP contribution in [0.4, 0.5) is 0 Å². The Balaban J connectivity index is 2.89. The normalized spacial score (nSPS) is 11.4. The van der Waals surface area contributed by atoms with Gasteiger partial charge in [0.25, 0.3) is 0 Å². The molecule has 1 aromatic heterocycles. The van der Waals surface area contributed by atoms with Gasteiger partial charge in [0.2, 0.25) is 0 Å². The summed E-state index contributed by atoms with van der Waals surface area (Å²) in [5.41, 5.74) is 2.35. The summed E-state index contributed by atoms with van der Waals surface area (Å²) >= 11 is 0. The van der Waals surface area contributed by atoms with Crippen molar-refractivity contribution in [2.75, 3.05) is 14.1 Å². The van der Waals surface area contributed by atoms with Crippen LogP contribution in [0.2, 0.25) is 0 Å². The van der Waals surface area contributed by atoms with Crippen molar-refractivity contribution in [3.05, 3.63) is 23.3 Å². The zero-order valence-electron chi connectivity index (χ0n) is 9.70. The monoisotopic (exact) mass is 193 g/mol. The molecule has 1 heterocycles. The second-order valence-electron chi connectivity index (χ2n) is 4.22. The first-order chi connectivity index (χ1) is 6.50. The van der Waals surface area contributed by atoms with E-state index in [0.29, 0.717) is 5.92 Å². The minimum Gasteiger partial charge on any atom is -0.302 e. The Morgan fingerprint density at radius 1 is 1.36 bits per heavy atom. The molecule has 3 nitrogen and oxygen atoms in total. The Hall–Kier alpha value is -0.960. The number of nitrogens with zero attached hydrogens (tertiary/aromatic N) is 3. The van der Waals surface area contributed by atoms with E-state index in [-0.39, 0.29) is 0 Å². The van der Waals surface area contributed by atoms with Gasteiger partial charge in [0.1, 0.15) is 5.82 Å². The Morgan fingerprint density at radius 3 is 2.43 bits per heavy atom. The lowest BCUT2D eigenvalue weighted by molar-refractivity contribution is 0.389. The van der Waals surface area contributed by atoms with E-state index in [1.165, 1.54) is 5.56 Å². The molecule has 0 amide bonds. The Bertz CT molecular complexity index is 305. The molecule has 78 valence electrons. The van der Waals surface area contributed by atoms with Gasteiger partial charge in [0, 0.05) is 11.9 Å². The molecule has 0 radical (unpaired) electrons. The van der Waals surface area contributed by atoms with Crippen molar-refractivity contribution >= 4 is 0 Å². The van der Waals surface area contributed by atoms with E-state index in [0.717, 1.165) is 18.1 Å². The summed E-state index contributed by atoms with van der Waals surface area (Å²) in [7, 11) is 4.05. The van der Waals surface area contributed by atoms with Crippen LogP contribution in [-0.2, 0) is 6.54 Å². The fourth-order valence-corrected chi connectivity index (χ4v) is 1.45. The average molecular weight is 193 g/mol. The van der Waals surface area contributed by atoms with Crippen LogP contribution in [-0.4, -0.2) is 29.0 Å². The lowest BCUT2D eigenvalue weighted by Gasteiger charge is -2.12. The molecule has 0 atom stereocenters. The summed E-state index contributed by atoms with van der Waals surface area (Å²) < 4.78 is 0. The standard InChI is InChI=1S/C11H19N3/c1-8(2)10-6-12-11(7-14(4)5)13-9(10)3/h6,8H,7H2,1-5H3. The average Bonchev–Trinajstić information content (AvgIpc) is 2.01. The minimum atomic E-state index is 0.503. The van der Waals surface area contributed by atoms with Crippen LogP contribution in [0.15, 0.2) is 6.20 Å². The SMILES string of the molecule is Cc1nc(CN(C)C)ncc1C(C)C. The lowest BCUT2D eigenvalue weighted by Crippen LogP contribution is -2.14. The van der Waals surface area contributed by atoms with E-state index in [2.05, 4.69) is 35.6 Å². The Kier molecular flexibility index (Phi) is 3.58. The van der Waals surface area contributed by atoms with Gasteiger partial charge in [-0.2, -0.15) is 0 Å². The predicted octanol–water partition coefficient (Wildman–Crippen LogP) is 1.97. The molecule has 3 heteroatoms. The molecule has 0 aliphatic heterocycles. The van der Waals surface area contributed by atoms with E-state index in [1.54, 1.807) is 0 Å². The topological polar surface area (TPSA) is 29.0 Å². The molecule has 0 aliphatic rings. The minimum absolute atomic E-state index is 0.503. The van der Waals surface area contributed by atoms with Gasteiger partial charge in [-0.15, -0.1) is 0 Å². The molecule has 0 unspecified atom stereocenters. The smallest absolute Gasteiger partial charge is 0.142 e. The van der Waals surface area contributed by atoms with Crippen molar-refractivity contribution in [2.45, 2.75) is 33.2 Å². The summed E-state index contributed by atoms with van der Waals surface area (Å²) in [6, 6.07) is 0. The highest BCUT2D eigenvalue weighted by Crippen LogP contribution is 2.15. The van der Waals surface area contributed by atoms with Crippen molar-refractivity contribution in [2.24, 2.45) is 0 Å². The maximum atomic E-state index is 4.48. The van der Waals surface area contributed by atoms with Crippen molar-refractivity contribution in [1.29, 1.82) is 0 Å². The molecular weight excluding hydrogens is 174 g/mol. The lowest BCUT2D eigenvalue weighted by atomic mass is 10.0. The van der Waals surface area contributed by atoms with Crippen molar-refractivity contribution in [3.63, 3.8) is 0 Å². The number of rotatable bonds is 3. The summed E-state index contributed by atoms with van der Waals surface area (Å²) in [4.78, 5) is 10.9. The molecule has 0 saturated carbocycles. The van der Waals surface area contributed by atoms with Gasteiger partial charge in [-0.05, 0) is 32.5 Å². The van der Waals surface area contributed by atoms with Crippen LogP contribution >= 0.6 is 0 Å². The molecule has 0 spiro atoms. The summed E-state index contributed by atoms with van der Waals surface area (Å²) in [5, 5.41) is 0.